The molecule has 1 unspecified atom stereocenters. The number of unbranched alkanes of at least 4 members (excludes halogenated alkanes) is 1. The number of carbonyl (C=O) groups excluding carboxylic acids is 5. The molecule has 3 atom stereocenters. The Kier molecular flexibility index (Phi) is 14.7. The average molecular weight is 813 g/mol. The van der Waals surface area contributed by atoms with Crippen molar-refractivity contribution in [2.24, 2.45) is 11.8 Å². The van der Waals surface area contributed by atoms with Crippen LogP contribution in [0.15, 0.2) is 24.3 Å². The molecule has 2 aromatic rings. The molecule has 0 radical (unpaired) electrons. The number of carbonyl (C=O) groups is 6. The van der Waals surface area contributed by atoms with E-state index in [1.165, 1.54) is 6.92 Å². The third-order valence-electron chi connectivity index (χ3n) is 9.73. The number of fused-ring (bicyclic) bond motifs is 2. The molecule has 2 aromatic carbocycles. The van der Waals surface area contributed by atoms with E-state index in [4.69, 9.17) is 9.31 Å². The summed E-state index contributed by atoms with van der Waals surface area (Å²) in [7, 11) is -3.60. The van der Waals surface area contributed by atoms with E-state index in [0.717, 1.165) is 12.1 Å². The second-order valence-electron chi connectivity index (χ2n) is 13.8. The normalized spacial score (nSPS) is 15.3. The van der Waals surface area contributed by atoms with Crippen LogP contribution >= 0.6 is 0 Å². The Morgan fingerprint density at radius 1 is 0.807 bits per heavy atom. The summed E-state index contributed by atoms with van der Waals surface area (Å²) in [5, 5.41) is 36.9. The summed E-state index contributed by atoms with van der Waals surface area (Å²) in [5.74, 6) is -7.62. The average Bonchev–Trinajstić information content (AvgIpc) is 3.70. The standard InChI is InChI=1S/C35H39B2F6N3O11/c1-17(18(2)47)5-3-4-8-44-30(49)7-6-28(33(52)53)46-32(51)21(13-29(48)19-9-24(34(38,39)40)22-15-56-36(54)26(22)11-19)14-45-31(50)20-10-25(35(41,42)43)23-16-57-37(55)27(23)12-20/h9-12,17,21,28,54-55H,3-8,13-16H2,1-2H3,(H,44,49)(H,45,50)(H,46,51)(H,52,53)/t17-,21-,28?/m0/s1. The van der Waals surface area contributed by atoms with Crippen LogP contribution in [0.2, 0.25) is 0 Å². The van der Waals surface area contributed by atoms with Gasteiger partial charge in [0.2, 0.25) is 11.8 Å². The van der Waals surface area contributed by atoms with Gasteiger partial charge in [-0.2, -0.15) is 26.3 Å². The van der Waals surface area contributed by atoms with Gasteiger partial charge in [-0.15, -0.1) is 0 Å². The molecule has 0 saturated heterocycles. The first-order valence-electron chi connectivity index (χ1n) is 17.8. The van der Waals surface area contributed by atoms with Crippen LogP contribution in [0.25, 0.3) is 0 Å². The molecule has 2 aliphatic heterocycles. The molecule has 0 aromatic heterocycles. The van der Waals surface area contributed by atoms with Crippen LogP contribution in [0.1, 0.15) is 95.3 Å². The Morgan fingerprint density at radius 3 is 1.88 bits per heavy atom. The van der Waals surface area contributed by atoms with Gasteiger partial charge in [0.05, 0.1) is 30.3 Å². The van der Waals surface area contributed by atoms with E-state index in [1.807, 2.05) is 0 Å². The number of halogens is 6. The van der Waals surface area contributed by atoms with Gasteiger partial charge in [-0.25, -0.2) is 4.79 Å². The van der Waals surface area contributed by atoms with Crippen LogP contribution in [0, 0.1) is 11.8 Å². The number of Topliss-reactive ketones (excluding diaryl/α,β-unsaturated/α-hetero) is 2. The molecule has 0 aliphatic carbocycles. The van der Waals surface area contributed by atoms with E-state index < -0.39 is 140 Å². The minimum Gasteiger partial charge on any atom is -0.480 e. The molecule has 6 N–H and O–H groups in total. The van der Waals surface area contributed by atoms with E-state index >= 15 is 0 Å². The highest BCUT2D eigenvalue weighted by Gasteiger charge is 2.42. The predicted molar refractivity (Wildman–Crippen MR) is 188 cm³/mol. The third-order valence-corrected chi connectivity index (χ3v) is 9.73. The van der Waals surface area contributed by atoms with Gasteiger partial charge < -0.3 is 40.4 Å². The molecule has 2 aliphatic rings. The summed E-state index contributed by atoms with van der Waals surface area (Å²) in [5.41, 5.74) is -5.39. The number of hydrogen-bond donors (Lipinski definition) is 6. The van der Waals surface area contributed by atoms with Gasteiger partial charge in [0.1, 0.15) is 11.8 Å². The van der Waals surface area contributed by atoms with E-state index in [0.29, 0.717) is 31.4 Å². The number of benzene rings is 2. The highest BCUT2D eigenvalue weighted by molar-refractivity contribution is 6.62. The maximum atomic E-state index is 13.9. The van der Waals surface area contributed by atoms with Gasteiger partial charge >= 0.3 is 32.6 Å². The number of carboxylic acid groups (broad SMARTS) is 1. The largest absolute Gasteiger partial charge is 0.491 e. The van der Waals surface area contributed by atoms with Gasteiger partial charge in [0.15, 0.2) is 5.78 Å². The summed E-state index contributed by atoms with van der Waals surface area (Å²) in [4.78, 5) is 76.2. The van der Waals surface area contributed by atoms with Crippen LogP contribution in [0.3, 0.4) is 0 Å². The maximum Gasteiger partial charge on any atom is 0.491 e. The molecule has 14 nitrogen and oxygen atoms in total. The first kappa shape index (κ1) is 44.9. The molecule has 0 spiro atoms. The quantitative estimate of drug-likeness (QED) is 0.0551. The van der Waals surface area contributed by atoms with E-state index in [9.17, 15) is 70.3 Å². The number of carboxylic acids is 1. The molecule has 4 rings (SSSR count). The van der Waals surface area contributed by atoms with Gasteiger partial charge in [-0.05, 0) is 66.4 Å². The van der Waals surface area contributed by atoms with Gasteiger partial charge in [-0.3, -0.25) is 24.0 Å². The Hall–Kier alpha value is -4.79. The van der Waals surface area contributed by atoms with Crippen LogP contribution in [0.4, 0.5) is 26.3 Å². The smallest absolute Gasteiger partial charge is 0.480 e. The fourth-order valence-electron chi connectivity index (χ4n) is 6.29. The molecular weight excluding hydrogens is 774 g/mol. The molecule has 22 heteroatoms. The van der Waals surface area contributed by atoms with Crippen LogP contribution in [-0.4, -0.2) is 83.8 Å². The number of nitrogens with one attached hydrogen (secondary N) is 3. The fraction of sp³-hybridized carbons (Fsp3) is 0.486. The number of hydrogen-bond acceptors (Lipinski definition) is 10. The first-order valence-corrected chi connectivity index (χ1v) is 17.8. The summed E-state index contributed by atoms with van der Waals surface area (Å²) >= 11 is 0. The number of aliphatic carboxylic acids is 1. The molecule has 308 valence electrons. The molecule has 0 saturated carbocycles. The van der Waals surface area contributed by atoms with Crippen LogP contribution < -0.4 is 26.9 Å². The highest BCUT2D eigenvalue weighted by Crippen LogP contribution is 2.35. The Bertz CT molecular complexity index is 1900. The maximum absolute atomic E-state index is 13.9. The Labute approximate surface area is 322 Å². The van der Waals surface area contributed by atoms with Crippen molar-refractivity contribution < 1.29 is 79.6 Å². The van der Waals surface area contributed by atoms with Crippen molar-refractivity contribution in [2.75, 3.05) is 13.1 Å². The van der Waals surface area contributed by atoms with Crippen molar-refractivity contribution in [3.63, 3.8) is 0 Å². The molecule has 3 amide bonds. The van der Waals surface area contributed by atoms with Crippen molar-refractivity contribution >= 4 is 60.4 Å². The molecule has 0 bridgehead atoms. The Morgan fingerprint density at radius 2 is 1.35 bits per heavy atom. The van der Waals surface area contributed by atoms with E-state index in [1.54, 1.807) is 6.92 Å². The lowest BCUT2D eigenvalue weighted by molar-refractivity contribution is -0.143. The van der Waals surface area contributed by atoms with E-state index in [-0.39, 0.29) is 29.2 Å². The second-order valence-corrected chi connectivity index (χ2v) is 13.8. The number of amides is 3. The summed E-state index contributed by atoms with van der Waals surface area (Å²) < 4.78 is 93.1. The lowest BCUT2D eigenvalue weighted by atomic mass is 9.76. The third kappa shape index (κ3) is 11.6. The van der Waals surface area contributed by atoms with Crippen molar-refractivity contribution in [1.29, 1.82) is 0 Å². The lowest BCUT2D eigenvalue weighted by Gasteiger charge is -2.21. The molecular formula is C35H39B2F6N3O11. The van der Waals surface area contributed by atoms with Crippen LogP contribution in [0.5, 0.6) is 0 Å². The first-order chi connectivity index (χ1) is 26.6. The summed E-state index contributed by atoms with van der Waals surface area (Å²) in [6, 6.07) is 1.06. The van der Waals surface area contributed by atoms with Crippen molar-refractivity contribution in [1.82, 2.24) is 16.0 Å². The summed E-state index contributed by atoms with van der Waals surface area (Å²) in [6.45, 7) is 1.39. The lowest BCUT2D eigenvalue weighted by Crippen LogP contribution is -2.47. The summed E-state index contributed by atoms with van der Waals surface area (Å²) in [6.07, 6.45) is -10.0. The zero-order valence-corrected chi connectivity index (χ0v) is 30.6. The Balaban J connectivity index is 1.53. The van der Waals surface area contributed by atoms with Gasteiger partial charge in [0.25, 0.3) is 5.91 Å². The fourth-order valence-corrected chi connectivity index (χ4v) is 6.29. The van der Waals surface area contributed by atoms with Crippen LogP contribution in [-0.2, 0) is 54.1 Å². The van der Waals surface area contributed by atoms with Gasteiger partial charge in [-0.1, -0.05) is 19.4 Å². The number of rotatable bonds is 18. The molecule has 2 heterocycles. The van der Waals surface area contributed by atoms with E-state index in [2.05, 4.69) is 16.0 Å². The highest BCUT2D eigenvalue weighted by atomic mass is 19.4. The zero-order chi connectivity index (χ0) is 42.4. The predicted octanol–water partition coefficient (Wildman–Crippen LogP) is 1.64. The SMILES string of the molecule is CC(=O)[C@@H](C)CCCCNC(=O)CCC(NC(=O)[C@H](CNC(=O)c1cc2c(c(C(F)(F)F)c1)COB2O)CC(=O)c1cc2c(c(C(F)(F)F)c1)COB2O)C(=O)O. The molecule has 0 fully saturated rings. The zero-order valence-electron chi connectivity index (χ0n) is 30.6. The minimum atomic E-state index is -5.00. The van der Waals surface area contributed by atoms with Crippen molar-refractivity contribution in [3.8, 4) is 0 Å². The van der Waals surface area contributed by atoms with Crippen molar-refractivity contribution in [2.45, 2.75) is 84.0 Å². The van der Waals surface area contributed by atoms with Gasteiger partial charge in [0, 0.05) is 43.0 Å². The number of alkyl halides is 6. The molecule has 57 heavy (non-hydrogen) atoms. The monoisotopic (exact) mass is 813 g/mol. The topological polar surface area (TPSA) is 218 Å². The second kappa shape index (κ2) is 18.6. The van der Waals surface area contributed by atoms with Crippen molar-refractivity contribution in [3.05, 3.63) is 57.6 Å². The minimum absolute atomic E-state index is 0.0263. The number of ketones is 2.